The summed E-state index contributed by atoms with van der Waals surface area (Å²) in [6.07, 6.45) is 0. The van der Waals surface area contributed by atoms with Gasteiger partial charge >= 0.3 is 0 Å². The first-order valence-corrected chi connectivity index (χ1v) is 11.7. The normalized spacial score (nSPS) is 12.9. The van der Waals surface area contributed by atoms with Gasteiger partial charge in [0.05, 0.1) is 28.4 Å². The first kappa shape index (κ1) is 23.6. The van der Waals surface area contributed by atoms with E-state index in [9.17, 15) is 18.0 Å². The van der Waals surface area contributed by atoms with Crippen molar-refractivity contribution in [2.24, 2.45) is 0 Å². The Morgan fingerprint density at radius 2 is 1.75 bits per heavy atom. The minimum atomic E-state index is -3.60. The molecule has 9 nitrogen and oxygen atoms in total. The Bertz CT molecular complexity index is 1270. The van der Waals surface area contributed by atoms with Gasteiger partial charge in [0.15, 0.2) is 0 Å². The van der Waals surface area contributed by atoms with E-state index in [0.717, 1.165) is 0 Å². The maximum atomic E-state index is 12.7. The molecule has 1 heterocycles. The van der Waals surface area contributed by atoms with E-state index in [1.165, 1.54) is 12.1 Å². The quantitative estimate of drug-likeness (QED) is 0.476. The molecule has 1 atom stereocenters. The minimum absolute atomic E-state index is 0.126. The molecule has 2 aromatic carbocycles. The number of likely N-dealkylation sites (N-methyl/N-ethyl adjacent to an activating group) is 1. The van der Waals surface area contributed by atoms with Crippen molar-refractivity contribution < 1.29 is 13.2 Å². The number of amides is 1. The summed E-state index contributed by atoms with van der Waals surface area (Å²) in [5, 5.41) is 3.29. The molecule has 3 aromatic rings. The lowest BCUT2D eigenvalue weighted by molar-refractivity contribution is -0.120. The fraction of sp³-hybridized carbons (Fsp3) is 0.318. The maximum Gasteiger partial charge on any atom is 0.258 e. The minimum Gasteiger partial charge on any atom is -0.325 e. The van der Waals surface area contributed by atoms with Gasteiger partial charge in [0.2, 0.25) is 15.9 Å². The standard InChI is InChI=1S/C22H27N5O4S/c1-14(2)26-32(30,31)17-11-9-16(10-12-17)23-21(28)15(3)27(4)13-20-24-19-8-6-5-7-18(19)22(29)25-20/h5-12,14-15,26H,13H2,1-4H3,(H,23,28)(H,24,25,29). The Kier molecular flexibility index (Phi) is 7.07. The van der Waals surface area contributed by atoms with Gasteiger partial charge < -0.3 is 10.3 Å². The zero-order valence-corrected chi connectivity index (χ0v) is 19.2. The molecular weight excluding hydrogens is 430 g/mol. The van der Waals surface area contributed by atoms with Gasteiger partial charge in [-0.25, -0.2) is 18.1 Å². The molecule has 3 N–H and O–H groups in total. The topological polar surface area (TPSA) is 124 Å². The fourth-order valence-electron chi connectivity index (χ4n) is 3.13. The number of aromatic amines is 1. The molecule has 3 rings (SSSR count). The van der Waals surface area contributed by atoms with Crippen LogP contribution in [0.5, 0.6) is 0 Å². The summed E-state index contributed by atoms with van der Waals surface area (Å²) >= 11 is 0. The molecule has 10 heteroatoms. The van der Waals surface area contributed by atoms with E-state index in [1.54, 1.807) is 63.1 Å². The number of hydrogen-bond acceptors (Lipinski definition) is 6. The van der Waals surface area contributed by atoms with Crippen LogP contribution >= 0.6 is 0 Å². The number of H-pyrrole nitrogens is 1. The number of fused-ring (bicyclic) bond motifs is 1. The van der Waals surface area contributed by atoms with E-state index in [-0.39, 0.29) is 28.9 Å². The fourth-order valence-corrected chi connectivity index (χ4v) is 4.38. The zero-order chi connectivity index (χ0) is 23.5. The number of hydrogen-bond donors (Lipinski definition) is 3. The molecule has 0 aliphatic rings. The number of nitrogens with one attached hydrogen (secondary N) is 3. The largest absolute Gasteiger partial charge is 0.325 e. The average Bonchev–Trinajstić information content (AvgIpc) is 2.72. The maximum absolute atomic E-state index is 12.7. The second-order valence-electron chi connectivity index (χ2n) is 7.91. The molecule has 1 amide bonds. The van der Waals surface area contributed by atoms with Crippen LogP contribution in [0.2, 0.25) is 0 Å². The lowest BCUT2D eigenvalue weighted by Crippen LogP contribution is -2.39. The summed E-state index contributed by atoms with van der Waals surface area (Å²) in [4.78, 5) is 34.0. The molecule has 1 unspecified atom stereocenters. The predicted molar refractivity (Wildman–Crippen MR) is 124 cm³/mol. The van der Waals surface area contributed by atoms with E-state index >= 15 is 0 Å². The Balaban J connectivity index is 1.66. The third-order valence-electron chi connectivity index (χ3n) is 4.92. The van der Waals surface area contributed by atoms with Crippen LogP contribution in [0.25, 0.3) is 10.9 Å². The molecule has 170 valence electrons. The highest BCUT2D eigenvalue weighted by Crippen LogP contribution is 2.15. The number of para-hydroxylation sites is 1. The highest BCUT2D eigenvalue weighted by Gasteiger charge is 2.20. The lowest BCUT2D eigenvalue weighted by atomic mass is 10.2. The molecule has 1 aromatic heterocycles. The second kappa shape index (κ2) is 9.60. The van der Waals surface area contributed by atoms with Crippen LogP contribution in [0.3, 0.4) is 0 Å². The summed E-state index contributed by atoms with van der Waals surface area (Å²) in [7, 11) is -1.84. The SMILES string of the molecule is CC(C)NS(=O)(=O)c1ccc(NC(=O)C(C)N(C)Cc2nc3ccccc3c(=O)[nH]2)cc1. The van der Waals surface area contributed by atoms with E-state index in [1.807, 2.05) is 6.07 Å². The molecule has 0 bridgehead atoms. The number of carbonyl (C=O) groups excluding carboxylic acids is 1. The number of rotatable bonds is 8. The number of anilines is 1. The molecule has 0 aliphatic carbocycles. The Morgan fingerprint density at radius 3 is 2.41 bits per heavy atom. The zero-order valence-electron chi connectivity index (χ0n) is 18.4. The van der Waals surface area contributed by atoms with Gasteiger partial charge in [0, 0.05) is 11.7 Å². The molecule has 0 saturated carbocycles. The van der Waals surface area contributed by atoms with E-state index in [4.69, 9.17) is 0 Å². The van der Waals surface area contributed by atoms with Crippen molar-refractivity contribution in [2.75, 3.05) is 12.4 Å². The van der Waals surface area contributed by atoms with E-state index < -0.39 is 16.1 Å². The molecule has 32 heavy (non-hydrogen) atoms. The van der Waals surface area contributed by atoms with Gasteiger partial charge in [-0.05, 0) is 64.2 Å². The van der Waals surface area contributed by atoms with E-state index in [2.05, 4.69) is 20.0 Å². The van der Waals surface area contributed by atoms with Crippen molar-refractivity contribution in [1.29, 1.82) is 0 Å². The first-order valence-electron chi connectivity index (χ1n) is 10.2. The monoisotopic (exact) mass is 457 g/mol. The van der Waals surface area contributed by atoms with Crippen molar-refractivity contribution in [2.45, 2.75) is 44.3 Å². The average molecular weight is 458 g/mol. The van der Waals surface area contributed by atoms with Crippen molar-refractivity contribution in [3.63, 3.8) is 0 Å². The molecule has 0 spiro atoms. The molecular formula is C22H27N5O4S. The van der Waals surface area contributed by atoms with Crippen molar-refractivity contribution in [3.8, 4) is 0 Å². The lowest BCUT2D eigenvalue weighted by Gasteiger charge is -2.23. The summed E-state index contributed by atoms with van der Waals surface area (Å²) in [6.45, 7) is 5.49. The molecule has 0 aliphatic heterocycles. The molecule has 0 fully saturated rings. The van der Waals surface area contributed by atoms with Crippen LogP contribution < -0.4 is 15.6 Å². The van der Waals surface area contributed by atoms with Gasteiger partial charge in [-0.2, -0.15) is 0 Å². The highest BCUT2D eigenvalue weighted by atomic mass is 32.2. The van der Waals surface area contributed by atoms with Crippen molar-refractivity contribution in [1.82, 2.24) is 19.6 Å². The van der Waals surface area contributed by atoms with Gasteiger partial charge in [0.1, 0.15) is 5.82 Å². The smallest absolute Gasteiger partial charge is 0.258 e. The number of aromatic nitrogens is 2. The van der Waals surface area contributed by atoms with Crippen molar-refractivity contribution >= 4 is 32.5 Å². The van der Waals surface area contributed by atoms with Gasteiger partial charge in [-0.1, -0.05) is 12.1 Å². The van der Waals surface area contributed by atoms with Crippen LogP contribution in [-0.4, -0.2) is 48.3 Å². The third-order valence-corrected chi connectivity index (χ3v) is 6.60. The first-order chi connectivity index (χ1) is 15.1. The second-order valence-corrected chi connectivity index (χ2v) is 9.62. The summed E-state index contributed by atoms with van der Waals surface area (Å²) in [5.74, 6) is 0.189. The van der Waals surface area contributed by atoms with Crippen LogP contribution in [0.4, 0.5) is 5.69 Å². The van der Waals surface area contributed by atoms with E-state index in [0.29, 0.717) is 22.4 Å². The van der Waals surface area contributed by atoms with Crippen LogP contribution in [-0.2, 0) is 21.4 Å². The van der Waals surface area contributed by atoms with Gasteiger partial charge in [-0.3, -0.25) is 14.5 Å². The van der Waals surface area contributed by atoms with Crippen LogP contribution in [0.1, 0.15) is 26.6 Å². The number of benzene rings is 2. The number of carbonyl (C=O) groups is 1. The third kappa shape index (κ3) is 5.58. The van der Waals surface area contributed by atoms with Crippen molar-refractivity contribution in [3.05, 3.63) is 64.7 Å². The molecule has 0 radical (unpaired) electrons. The van der Waals surface area contributed by atoms with Crippen LogP contribution in [0, 0.1) is 0 Å². The van der Waals surface area contributed by atoms with Gasteiger partial charge in [0.25, 0.3) is 5.56 Å². The Labute approximate surface area is 186 Å². The Hall–Kier alpha value is -3.08. The number of sulfonamides is 1. The summed E-state index contributed by atoms with van der Waals surface area (Å²) in [5.41, 5.74) is 0.854. The summed E-state index contributed by atoms with van der Waals surface area (Å²) in [6, 6.07) is 12.3. The highest BCUT2D eigenvalue weighted by molar-refractivity contribution is 7.89. The van der Waals surface area contributed by atoms with Gasteiger partial charge in [-0.15, -0.1) is 0 Å². The number of nitrogens with zero attached hydrogens (tertiary/aromatic N) is 2. The predicted octanol–water partition coefficient (Wildman–Crippen LogP) is 2.07. The summed E-state index contributed by atoms with van der Waals surface area (Å²) < 4.78 is 26.9. The molecule has 0 saturated heterocycles. The Morgan fingerprint density at radius 1 is 1.09 bits per heavy atom. The van der Waals surface area contributed by atoms with Crippen LogP contribution in [0.15, 0.2) is 58.2 Å².